The number of nitrogens with two attached hydrogens (primary N) is 1. The number of halogens is 2. The number of aromatic nitrogens is 2. The molecule has 1 unspecified atom stereocenters. The molecule has 102 valence electrons. The summed E-state index contributed by atoms with van der Waals surface area (Å²) >= 11 is 12.0. The van der Waals surface area contributed by atoms with Gasteiger partial charge in [0.05, 0.1) is 27.3 Å². The fraction of sp³-hybridized carbons (Fsp3) is 0.133. The second-order valence-electron chi connectivity index (χ2n) is 4.68. The van der Waals surface area contributed by atoms with E-state index in [-0.39, 0.29) is 6.04 Å². The summed E-state index contributed by atoms with van der Waals surface area (Å²) in [4.78, 5) is 0. The fourth-order valence-corrected chi connectivity index (χ4v) is 2.64. The second kappa shape index (κ2) is 5.09. The Labute approximate surface area is 126 Å². The van der Waals surface area contributed by atoms with Crippen molar-refractivity contribution in [3.63, 3.8) is 0 Å². The molecule has 0 fully saturated rings. The minimum Gasteiger partial charge on any atom is -0.319 e. The molecular formula is C15H13Cl2N3. The molecular weight excluding hydrogens is 293 g/mol. The first-order valence-electron chi connectivity index (χ1n) is 6.20. The third kappa shape index (κ3) is 2.18. The Bertz CT molecular complexity index is 780. The number of aryl methyl sites for hydroxylation is 1. The Hall–Kier alpha value is -1.55. The highest BCUT2D eigenvalue weighted by atomic mass is 35.5. The molecule has 0 aliphatic heterocycles. The van der Waals surface area contributed by atoms with Gasteiger partial charge < -0.3 is 5.73 Å². The first-order valence-corrected chi connectivity index (χ1v) is 6.95. The van der Waals surface area contributed by atoms with E-state index in [2.05, 4.69) is 5.10 Å². The van der Waals surface area contributed by atoms with Gasteiger partial charge in [-0.25, -0.2) is 0 Å². The maximum atomic E-state index is 6.34. The van der Waals surface area contributed by atoms with E-state index in [1.807, 2.05) is 42.1 Å². The van der Waals surface area contributed by atoms with Crippen molar-refractivity contribution in [2.75, 3.05) is 0 Å². The Morgan fingerprint density at radius 3 is 2.60 bits per heavy atom. The lowest BCUT2D eigenvalue weighted by Gasteiger charge is -2.11. The predicted molar refractivity (Wildman–Crippen MR) is 83.2 cm³/mol. The molecule has 5 heteroatoms. The van der Waals surface area contributed by atoms with Crippen LogP contribution in [0.25, 0.3) is 10.9 Å². The van der Waals surface area contributed by atoms with Crippen molar-refractivity contribution in [1.82, 2.24) is 9.78 Å². The van der Waals surface area contributed by atoms with Crippen LogP contribution in [0.3, 0.4) is 0 Å². The average Bonchev–Trinajstić information content (AvgIpc) is 2.79. The van der Waals surface area contributed by atoms with Crippen LogP contribution in [-0.4, -0.2) is 9.78 Å². The largest absolute Gasteiger partial charge is 0.319 e. The van der Waals surface area contributed by atoms with Crippen molar-refractivity contribution in [3.8, 4) is 0 Å². The molecule has 0 spiro atoms. The summed E-state index contributed by atoms with van der Waals surface area (Å²) in [5.74, 6) is 0. The number of rotatable bonds is 2. The van der Waals surface area contributed by atoms with Crippen molar-refractivity contribution in [2.45, 2.75) is 6.04 Å². The minimum absolute atomic E-state index is 0.337. The first-order chi connectivity index (χ1) is 9.58. The Kier molecular flexibility index (Phi) is 3.42. The molecule has 1 aromatic heterocycles. The van der Waals surface area contributed by atoms with Gasteiger partial charge in [0, 0.05) is 12.4 Å². The average molecular weight is 306 g/mol. The molecule has 3 nitrogen and oxygen atoms in total. The van der Waals surface area contributed by atoms with Crippen LogP contribution in [0.1, 0.15) is 17.3 Å². The van der Waals surface area contributed by atoms with E-state index in [0.29, 0.717) is 10.0 Å². The van der Waals surface area contributed by atoms with Gasteiger partial charge in [-0.3, -0.25) is 4.68 Å². The van der Waals surface area contributed by atoms with Gasteiger partial charge in [0.1, 0.15) is 0 Å². The van der Waals surface area contributed by atoms with E-state index >= 15 is 0 Å². The standard InChI is InChI=1S/C15H13Cl2N3/c1-20-13-5-3-2-4-10(13)15(19-20)14(18)9-6-7-11(16)12(17)8-9/h2-8,14H,18H2,1H3. The van der Waals surface area contributed by atoms with Crippen LogP contribution >= 0.6 is 23.2 Å². The minimum atomic E-state index is -0.337. The molecule has 2 N–H and O–H groups in total. The van der Waals surface area contributed by atoms with Crippen LogP contribution in [0.15, 0.2) is 42.5 Å². The van der Waals surface area contributed by atoms with E-state index < -0.39 is 0 Å². The fourth-order valence-electron chi connectivity index (χ4n) is 2.34. The SMILES string of the molecule is Cn1nc(C(N)c2ccc(Cl)c(Cl)c2)c2ccccc21. The zero-order valence-electron chi connectivity index (χ0n) is 10.8. The van der Waals surface area contributed by atoms with E-state index in [0.717, 1.165) is 22.2 Å². The summed E-state index contributed by atoms with van der Waals surface area (Å²) in [5, 5.41) is 6.60. The van der Waals surface area contributed by atoms with Crippen LogP contribution in [-0.2, 0) is 7.05 Å². The van der Waals surface area contributed by atoms with E-state index in [1.54, 1.807) is 12.1 Å². The number of nitrogens with zero attached hydrogens (tertiary/aromatic N) is 2. The third-order valence-corrected chi connectivity index (χ3v) is 4.12. The summed E-state index contributed by atoms with van der Waals surface area (Å²) < 4.78 is 1.84. The molecule has 0 aliphatic rings. The topological polar surface area (TPSA) is 43.8 Å². The smallest absolute Gasteiger partial charge is 0.0915 e. The molecule has 1 heterocycles. The Morgan fingerprint density at radius 1 is 1.10 bits per heavy atom. The van der Waals surface area contributed by atoms with Gasteiger partial charge in [-0.15, -0.1) is 0 Å². The van der Waals surface area contributed by atoms with Gasteiger partial charge >= 0.3 is 0 Å². The van der Waals surface area contributed by atoms with Gasteiger partial charge in [-0.2, -0.15) is 5.10 Å². The summed E-state index contributed by atoms with van der Waals surface area (Å²) in [5.41, 5.74) is 9.12. The van der Waals surface area contributed by atoms with Crippen LogP contribution < -0.4 is 5.73 Å². The maximum absolute atomic E-state index is 6.34. The predicted octanol–water partition coefficient (Wildman–Crippen LogP) is 3.93. The molecule has 1 atom stereocenters. The molecule has 3 rings (SSSR count). The lowest BCUT2D eigenvalue weighted by atomic mass is 10.0. The highest BCUT2D eigenvalue weighted by Crippen LogP contribution is 2.30. The molecule has 2 aromatic carbocycles. The summed E-state index contributed by atoms with van der Waals surface area (Å²) in [6, 6.07) is 13.1. The zero-order valence-corrected chi connectivity index (χ0v) is 12.4. The molecule has 0 saturated heterocycles. The van der Waals surface area contributed by atoms with Gasteiger partial charge in [0.2, 0.25) is 0 Å². The zero-order chi connectivity index (χ0) is 14.3. The molecule has 0 saturated carbocycles. The normalized spacial score (nSPS) is 12.8. The molecule has 0 bridgehead atoms. The maximum Gasteiger partial charge on any atom is 0.0915 e. The van der Waals surface area contributed by atoms with Crippen molar-refractivity contribution in [3.05, 3.63) is 63.8 Å². The quantitative estimate of drug-likeness (QED) is 0.779. The monoisotopic (exact) mass is 305 g/mol. The lowest BCUT2D eigenvalue weighted by Crippen LogP contribution is -2.13. The van der Waals surface area contributed by atoms with E-state index in [9.17, 15) is 0 Å². The van der Waals surface area contributed by atoms with Gasteiger partial charge in [-0.1, -0.05) is 47.5 Å². The highest BCUT2D eigenvalue weighted by molar-refractivity contribution is 6.42. The van der Waals surface area contributed by atoms with Gasteiger partial charge in [0.25, 0.3) is 0 Å². The Balaban J connectivity index is 2.12. The molecule has 0 radical (unpaired) electrons. The Morgan fingerprint density at radius 2 is 1.85 bits per heavy atom. The summed E-state index contributed by atoms with van der Waals surface area (Å²) in [6.45, 7) is 0. The second-order valence-corrected chi connectivity index (χ2v) is 5.49. The van der Waals surface area contributed by atoms with Crippen molar-refractivity contribution >= 4 is 34.1 Å². The number of hydrogen-bond acceptors (Lipinski definition) is 2. The number of benzene rings is 2. The van der Waals surface area contributed by atoms with Gasteiger partial charge in [0.15, 0.2) is 0 Å². The number of fused-ring (bicyclic) bond motifs is 1. The van der Waals surface area contributed by atoms with Crippen molar-refractivity contribution < 1.29 is 0 Å². The van der Waals surface area contributed by atoms with Crippen LogP contribution in [0.5, 0.6) is 0 Å². The molecule has 0 amide bonds. The first kappa shape index (κ1) is 13.4. The van der Waals surface area contributed by atoms with Crippen LogP contribution in [0.2, 0.25) is 10.0 Å². The number of para-hydroxylation sites is 1. The lowest BCUT2D eigenvalue weighted by molar-refractivity contribution is 0.732. The number of hydrogen-bond donors (Lipinski definition) is 1. The molecule has 3 aromatic rings. The van der Waals surface area contributed by atoms with Crippen LogP contribution in [0, 0.1) is 0 Å². The molecule has 20 heavy (non-hydrogen) atoms. The van der Waals surface area contributed by atoms with Crippen molar-refractivity contribution in [1.29, 1.82) is 0 Å². The summed E-state index contributed by atoms with van der Waals surface area (Å²) in [6.07, 6.45) is 0. The van der Waals surface area contributed by atoms with Gasteiger partial charge in [-0.05, 0) is 23.8 Å². The highest BCUT2D eigenvalue weighted by Gasteiger charge is 2.17. The van der Waals surface area contributed by atoms with Crippen LogP contribution in [0.4, 0.5) is 0 Å². The van der Waals surface area contributed by atoms with Crippen molar-refractivity contribution in [2.24, 2.45) is 12.8 Å². The van der Waals surface area contributed by atoms with E-state index in [4.69, 9.17) is 28.9 Å². The third-order valence-electron chi connectivity index (χ3n) is 3.38. The summed E-state index contributed by atoms with van der Waals surface area (Å²) in [7, 11) is 1.91. The molecule has 0 aliphatic carbocycles. The van der Waals surface area contributed by atoms with E-state index in [1.165, 1.54) is 0 Å².